The molecule has 55 heavy (non-hydrogen) atoms. The summed E-state index contributed by atoms with van der Waals surface area (Å²) in [5, 5.41) is 0. The van der Waals surface area contributed by atoms with Crippen molar-refractivity contribution in [1.82, 2.24) is 0 Å². The molecule has 0 N–H and O–H groups in total. The summed E-state index contributed by atoms with van der Waals surface area (Å²) in [5.74, 6) is -3.54. The number of hydrogen-bond acceptors (Lipinski definition) is 2. The molecule has 0 fully saturated rings. The van der Waals surface area contributed by atoms with Gasteiger partial charge in [-0.25, -0.2) is 29.7 Å². The maximum absolute atomic E-state index is 13.8. The molecule has 0 aliphatic rings. The van der Waals surface area contributed by atoms with E-state index in [1.54, 1.807) is 41.5 Å². The van der Waals surface area contributed by atoms with Crippen LogP contribution in [-0.4, -0.2) is 24.9 Å². The summed E-state index contributed by atoms with van der Waals surface area (Å²) in [6, 6.07) is 17.4. The minimum Gasteiger partial charge on any atom is -0.363 e. The van der Waals surface area contributed by atoms with Gasteiger partial charge in [-0.3, -0.25) is 9.59 Å². The SMILES string of the molecule is CCCCN(C(=O)C(C)(C)C)c1ccc(F)[c-]c1F.CCCCN(C(=O)C(C)(C)C)c1ccc(F)[c-]c1F.Cc1cc[c-](C)c1C.Cc1cc[c-](C)c1C.[Ti+4]. The van der Waals surface area contributed by atoms with Gasteiger partial charge in [0.25, 0.3) is 0 Å². The van der Waals surface area contributed by atoms with Crippen LogP contribution in [0.1, 0.15) is 114 Å². The van der Waals surface area contributed by atoms with E-state index in [1.165, 1.54) is 55.3 Å². The second-order valence-corrected chi connectivity index (χ2v) is 15.8. The Labute approximate surface area is 344 Å². The number of nitrogens with zero attached hydrogens (tertiary/aromatic N) is 2. The first-order valence-electron chi connectivity index (χ1n) is 18.7. The summed E-state index contributed by atoms with van der Waals surface area (Å²) in [6.45, 7) is 28.4. The molecule has 0 aliphatic heterocycles. The molecule has 0 spiro atoms. The molecule has 0 saturated heterocycles. The number of carbonyl (C=O) groups is 2. The fraction of sp³-hybridized carbons (Fsp3) is 0.478. The van der Waals surface area contributed by atoms with Crippen molar-refractivity contribution in [2.75, 3.05) is 22.9 Å². The van der Waals surface area contributed by atoms with Crippen molar-refractivity contribution < 1.29 is 48.9 Å². The van der Waals surface area contributed by atoms with Gasteiger partial charge in [-0.2, -0.15) is 45.5 Å². The minimum atomic E-state index is -0.825. The summed E-state index contributed by atoms with van der Waals surface area (Å²) in [5.41, 5.74) is 7.44. The normalized spacial score (nSPS) is 10.8. The van der Waals surface area contributed by atoms with E-state index in [-0.39, 0.29) is 44.9 Å². The fourth-order valence-corrected chi connectivity index (χ4v) is 5.02. The molecule has 0 aromatic heterocycles. The average Bonchev–Trinajstić information content (AvgIpc) is 3.55. The van der Waals surface area contributed by atoms with Crippen LogP contribution in [0.25, 0.3) is 0 Å². The number of rotatable bonds is 8. The Morgan fingerprint density at radius 1 is 0.600 bits per heavy atom. The number of benzene rings is 2. The van der Waals surface area contributed by atoms with Crippen LogP contribution in [0.5, 0.6) is 0 Å². The molecular formula is C46H62F4N2O2Ti. The Kier molecular flexibility index (Phi) is 22.1. The number of halogens is 4. The van der Waals surface area contributed by atoms with E-state index in [1.807, 2.05) is 26.0 Å². The zero-order chi connectivity index (χ0) is 41.6. The van der Waals surface area contributed by atoms with E-state index in [4.69, 9.17) is 0 Å². The Bertz CT molecular complexity index is 1610. The molecule has 0 atom stereocenters. The summed E-state index contributed by atoms with van der Waals surface area (Å²) >= 11 is 0. The first-order valence-corrected chi connectivity index (χ1v) is 18.7. The van der Waals surface area contributed by atoms with Gasteiger partial charge in [0, 0.05) is 47.2 Å². The Hall–Kier alpha value is -3.49. The average molecular weight is 799 g/mol. The van der Waals surface area contributed by atoms with Crippen LogP contribution >= 0.6 is 0 Å². The predicted octanol–water partition coefficient (Wildman–Crippen LogP) is 12.5. The number of hydrogen-bond donors (Lipinski definition) is 0. The van der Waals surface area contributed by atoms with Crippen molar-refractivity contribution in [2.45, 2.75) is 123 Å². The van der Waals surface area contributed by atoms with Gasteiger partial charge in [0.1, 0.15) is 0 Å². The van der Waals surface area contributed by atoms with E-state index >= 15 is 0 Å². The van der Waals surface area contributed by atoms with Crippen LogP contribution in [0, 0.1) is 87.8 Å². The van der Waals surface area contributed by atoms with E-state index in [0.717, 1.165) is 37.8 Å². The van der Waals surface area contributed by atoms with Crippen LogP contribution in [0.3, 0.4) is 0 Å². The van der Waals surface area contributed by atoms with Crippen LogP contribution < -0.4 is 9.80 Å². The third kappa shape index (κ3) is 16.6. The molecule has 0 unspecified atom stereocenters. The summed E-state index contributed by atoms with van der Waals surface area (Å²) in [4.78, 5) is 27.5. The van der Waals surface area contributed by atoms with Crippen molar-refractivity contribution in [2.24, 2.45) is 10.8 Å². The molecule has 4 nitrogen and oxygen atoms in total. The molecule has 0 aliphatic carbocycles. The molecule has 0 saturated carbocycles. The van der Waals surface area contributed by atoms with Crippen LogP contribution in [0.4, 0.5) is 28.9 Å². The molecular weight excluding hydrogens is 736 g/mol. The van der Waals surface area contributed by atoms with Crippen molar-refractivity contribution in [3.63, 3.8) is 0 Å². The monoisotopic (exact) mass is 798 g/mol. The van der Waals surface area contributed by atoms with Crippen molar-refractivity contribution in [3.8, 4) is 0 Å². The first-order chi connectivity index (χ1) is 25.0. The molecule has 300 valence electrons. The van der Waals surface area contributed by atoms with Crippen LogP contribution in [-0.2, 0) is 31.3 Å². The molecule has 0 bridgehead atoms. The first kappa shape index (κ1) is 51.5. The molecule has 4 aromatic carbocycles. The Morgan fingerprint density at radius 3 is 1.09 bits per heavy atom. The summed E-state index contributed by atoms with van der Waals surface area (Å²) in [7, 11) is 0. The Balaban J connectivity index is 0.000000754. The standard InChI is InChI=1S/2C15H20F2NO.2C8H11.Ti/c2*1-5-6-9-18(14(19)15(2,3)4)13-8-7-11(16)10-12(13)17;2*1-6-4-5-7(2)8(6)3;/h2*7-8H,5-6,9H2,1-4H3;2*4-5H,1-3H3;/q4*-1;+4. The largest absolute Gasteiger partial charge is 4.00 e. The van der Waals surface area contributed by atoms with Crippen molar-refractivity contribution >= 4 is 23.2 Å². The third-order valence-corrected chi connectivity index (χ3v) is 9.04. The third-order valence-electron chi connectivity index (χ3n) is 9.04. The number of carbonyl (C=O) groups excluding carboxylic acids is 2. The minimum absolute atomic E-state index is 0. The second-order valence-electron chi connectivity index (χ2n) is 15.8. The van der Waals surface area contributed by atoms with Crippen molar-refractivity contribution in [1.29, 1.82) is 0 Å². The smallest absolute Gasteiger partial charge is 0.363 e. The Morgan fingerprint density at radius 2 is 0.909 bits per heavy atom. The maximum Gasteiger partial charge on any atom is 4.00 e. The number of amides is 2. The van der Waals surface area contributed by atoms with Gasteiger partial charge in [0.2, 0.25) is 11.8 Å². The van der Waals surface area contributed by atoms with E-state index in [2.05, 4.69) is 65.8 Å². The van der Waals surface area contributed by atoms with Gasteiger partial charge >= 0.3 is 21.7 Å². The van der Waals surface area contributed by atoms with Gasteiger partial charge in [-0.05, 0) is 24.2 Å². The molecule has 0 heterocycles. The molecule has 2 amide bonds. The van der Waals surface area contributed by atoms with Gasteiger partial charge < -0.3 is 9.80 Å². The van der Waals surface area contributed by atoms with E-state index < -0.39 is 34.1 Å². The summed E-state index contributed by atoms with van der Waals surface area (Å²) in [6.07, 6.45) is 3.30. The summed E-state index contributed by atoms with van der Waals surface area (Å²) < 4.78 is 53.4. The molecule has 9 heteroatoms. The maximum atomic E-state index is 13.8. The number of anilines is 2. The topological polar surface area (TPSA) is 40.6 Å². The number of unbranched alkanes of at least 4 members (excludes halogenated alkanes) is 2. The molecule has 4 rings (SSSR count). The van der Waals surface area contributed by atoms with E-state index in [0.29, 0.717) is 13.1 Å². The van der Waals surface area contributed by atoms with Gasteiger partial charge in [0.05, 0.1) is 0 Å². The van der Waals surface area contributed by atoms with Crippen molar-refractivity contribution in [3.05, 3.63) is 117 Å². The zero-order valence-electron chi connectivity index (χ0n) is 35.6. The van der Waals surface area contributed by atoms with Crippen LogP contribution in [0.2, 0.25) is 0 Å². The number of aryl methyl sites for hydroxylation is 4. The second kappa shape index (κ2) is 23.6. The molecule has 0 radical (unpaired) electrons. The quantitative estimate of drug-likeness (QED) is 0.101. The van der Waals surface area contributed by atoms with Gasteiger partial charge in [-0.15, -0.1) is 36.4 Å². The fourth-order valence-electron chi connectivity index (χ4n) is 5.02. The van der Waals surface area contributed by atoms with Crippen LogP contribution in [0.15, 0.2) is 48.5 Å². The van der Waals surface area contributed by atoms with E-state index in [9.17, 15) is 27.2 Å². The zero-order valence-corrected chi connectivity index (χ0v) is 37.1. The van der Waals surface area contributed by atoms with Gasteiger partial charge in [0.15, 0.2) is 0 Å². The predicted molar refractivity (Wildman–Crippen MR) is 216 cm³/mol. The molecule has 4 aromatic rings. The van der Waals surface area contributed by atoms with Gasteiger partial charge in [-0.1, -0.05) is 110 Å².